The summed E-state index contributed by atoms with van der Waals surface area (Å²) >= 11 is 0. The van der Waals surface area contributed by atoms with Crippen molar-refractivity contribution in [2.24, 2.45) is 4.99 Å². The Morgan fingerprint density at radius 1 is 1.23 bits per heavy atom. The monoisotopic (exact) mass is 353 g/mol. The van der Waals surface area contributed by atoms with Gasteiger partial charge in [0.2, 0.25) is 0 Å². The maximum absolute atomic E-state index is 13.9. The number of benzene rings is 1. The van der Waals surface area contributed by atoms with E-state index in [2.05, 4.69) is 44.7 Å². The normalized spacial score (nSPS) is 17.2. The van der Waals surface area contributed by atoms with E-state index in [4.69, 9.17) is 0 Å². The molecular weight excluding hydrogens is 329 g/mol. The molecule has 1 aromatic carbocycles. The molecule has 1 aliphatic rings. The first-order valence-corrected chi connectivity index (χ1v) is 8.66. The second-order valence-corrected chi connectivity index (χ2v) is 6.75. The average molecular weight is 353 g/mol. The van der Waals surface area contributed by atoms with Gasteiger partial charge in [0.25, 0.3) is 0 Å². The summed E-state index contributed by atoms with van der Waals surface area (Å²) in [5.74, 6) is 1.41. The molecule has 0 saturated heterocycles. The molecular formula is C20H24FN5. The van der Waals surface area contributed by atoms with Gasteiger partial charge in [-0.05, 0) is 39.3 Å². The number of allylic oxidation sites excluding steroid dienone is 1. The first-order valence-electron chi connectivity index (χ1n) is 8.66. The van der Waals surface area contributed by atoms with Crippen molar-refractivity contribution in [3.05, 3.63) is 65.6 Å². The Morgan fingerprint density at radius 3 is 2.62 bits per heavy atom. The molecule has 26 heavy (non-hydrogen) atoms. The van der Waals surface area contributed by atoms with Crippen molar-refractivity contribution in [3.8, 4) is 0 Å². The van der Waals surface area contributed by atoms with E-state index in [1.54, 1.807) is 19.1 Å². The van der Waals surface area contributed by atoms with Crippen LogP contribution in [0.2, 0.25) is 0 Å². The molecule has 0 saturated carbocycles. The van der Waals surface area contributed by atoms with Crippen molar-refractivity contribution in [1.29, 1.82) is 0 Å². The lowest BCUT2D eigenvalue weighted by atomic mass is 10.1. The van der Waals surface area contributed by atoms with Gasteiger partial charge in [0, 0.05) is 30.0 Å². The third-order valence-electron chi connectivity index (χ3n) is 4.72. The maximum Gasteiger partial charge on any atom is 0.178 e. The lowest BCUT2D eigenvalue weighted by Crippen LogP contribution is -2.36. The zero-order valence-corrected chi connectivity index (χ0v) is 15.8. The number of rotatable bonds is 4. The smallest absolute Gasteiger partial charge is 0.178 e. The van der Waals surface area contributed by atoms with E-state index in [-0.39, 0.29) is 11.9 Å². The minimum absolute atomic E-state index is 0.0144. The first kappa shape index (κ1) is 18.0. The Balaban J connectivity index is 1.90. The van der Waals surface area contributed by atoms with Gasteiger partial charge in [-0.25, -0.2) is 4.39 Å². The zero-order chi connectivity index (χ0) is 19.0. The van der Waals surface area contributed by atoms with Gasteiger partial charge in [-0.15, -0.1) is 10.2 Å². The van der Waals surface area contributed by atoms with Gasteiger partial charge in [-0.2, -0.15) is 0 Å². The van der Waals surface area contributed by atoms with Gasteiger partial charge in [0.1, 0.15) is 5.82 Å². The van der Waals surface area contributed by atoms with E-state index in [9.17, 15) is 4.39 Å². The Morgan fingerprint density at radius 2 is 1.96 bits per heavy atom. The number of hydrogen-bond donors (Lipinski definition) is 0. The number of aromatic nitrogens is 3. The molecule has 0 aliphatic carbocycles. The second kappa shape index (κ2) is 6.86. The Bertz CT molecular complexity index is 909. The summed E-state index contributed by atoms with van der Waals surface area (Å²) in [4.78, 5) is 6.54. The summed E-state index contributed by atoms with van der Waals surface area (Å²) in [6.45, 7) is 17.1. The van der Waals surface area contributed by atoms with Crippen LogP contribution in [0.1, 0.15) is 49.6 Å². The molecule has 0 radical (unpaired) electrons. The van der Waals surface area contributed by atoms with Gasteiger partial charge >= 0.3 is 0 Å². The number of hydrogen-bond acceptors (Lipinski definition) is 4. The quantitative estimate of drug-likeness (QED) is 0.777. The van der Waals surface area contributed by atoms with Crippen LogP contribution in [-0.2, 0) is 6.54 Å². The van der Waals surface area contributed by atoms with Crippen LogP contribution >= 0.6 is 0 Å². The summed E-state index contributed by atoms with van der Waals surface area (Å²) in [5.41, 5.74) is 3.74. The van der Waals surface area contributed by atoms with Crippen LogP contribution in [0, 0.1) is 12.7 Å². The highest BCUT2D eigenvalue weighted by Crippen LogP contribution is 2.32. The predicted octanol–water partition coefficient (Wildman–Crippen LogP) is 4.12. The van der Waals surface area contributed by atoms with E-state index in [1.165, 1.54) is 0 Å². The summed E-state index contributed by atoms with van der Waals surface area (Å²) in [6, 6.07) is 5.21. The molecule has 1 aromatic heterocycles. The fourth-order valence-electron chi connectivity index (χ4n) is 3.30. The number of nitrogens with zero attached hydrogens (tertiary/aromatic N) is 5. The van der Waals surface area contributed by atoms with E-state index in [1.807, 2.05) is 19.9 Å². The molecule has 3 rings (SSSR count). The van der Waals surface area contributed by atoms with Crippen LogP contribution in [0.5, 0.6) is 0 Å². The molecule has 1 aliphatic heterocycles. The zero-order valence-electron chi connectivity index (χ0n) is 15.8. The molecule has 0 amide bonds. The summed E-state index contributed by atoms with van der Waals surface area (Å²) in [7, 11) is 0. The molecule has 0 bridgehead atoms. The Hall–Kier alpha value is -2.76. The molecule has 1 unspecified atom stereocenters. The van der Waals surface area contributed by atoms with Crippen molar-refractivity contribution in [2.45, 2.75) is 40.3 Å². The van der Waals surface area contributed by atoms with Gasteiger partial charge in [-0.3, -0.25) is 4.99 Å². The fourth-order valence-corrected chi connectivity index (χ4v) is 3.30. The van der Waals surface area contributed by atoms with Gasteiger partial charge in [-0.1, -0.05) is 25.3 Å². The van der Waals surface area contributed by atoms with E-state index >= 15 is 0 Å². The van der Waals surface area contributed by atoms with Crippen molar-refractivity contribution in [1.82, 2.24) is 19.7 Å². The van der Waals surface area contributed by atoms with Crippen LogP contribution in [0.15, 0.2) is 42.0 Å². The minimum atomic E-state index is -0.217. The molecule has 136 valence electrons. The molecule has 2 aromatic rings. The van der Waals surface area contributed by atoms with Crippen LogP contribution in [0.4, 0.5) is 4.39 Å². The maximum atomic E-state index is 13.9. The highest BCUT2D eigenvalue weighted by Gasteiger charge is 2.30. The SMILES string of the molecule is C=C(C)/N=C(\C)c1nnc2n1CCN(C(=C)c1ccc(C)c(F)c1)C2C. The third-order valence-corrected chi connectivity index (χ3v) is 4.72. The topological polar surface area (TPSA) is 46.3 Å². The Kier molecular flexibility index (Phi) is 4.76. The Labute approximate surface area is 153 Å². The second-order valence-electron chi connectivity index (χ2n) is 6.75. The van der Waals surface area contributed by atoms with Crippen LogP contribution in [-0.4, -0.2) is 31.9 Å². The highest BCUT2D eigenvalue weighted by atomic mass is 19.1. The van der Waals surface area contributed by atoms with Gasteiger partial charge in [0.15, 0.2) is 11.6 Å². The number of halogens is 1. The van der Waals surface area contributed by atoms with Crippen LogP contribution in [0.25, 0.3) is 5.70 Å². The summed E-state index contributed by atoms with van der Waals surface area (Å²) in [5, 5.41) is 8.69. The van der Waals surface area contributed by atoms with Crippen molar-refractivity contribution < 1.29 is 4.39 Å². The standard InChI is InChI=1S/C20H24FN5/c1-12(2)22-14(4)19-23-24-20-16(6)25(9-10-26(19)20)15(5)17-8-7-13(3)18(21)11-17/h7-8,11,16H,1,5,9-10H2,2-4,6H3/b22-14+. The predicted molar refractivity (Wildman–Crippen MR) is 102 cm³/mol. The van der Waals surface area contributed by atoms with Crippen molar-refractivity contribution in [3.63, 3.8) is 0 Å². The summed E-state index contributed by atoms with van der Waals surface area (Å²) in [6.07, 6.45) is 0. The average Bonchev–Trinajstić information content (AvgIpc) is 3.01. The van der Waals surface area contributed by atoms with E-state index in [0.29, 0.717) is 5.56 Å². The molecule has 6 heteroatoms. The number of aliphatic imine (C=N–C) groups is 1. The summed E-state index contributed by atoms with van der Waals surface area (Å²) < 4.78 is 16.0. The third kappa shape index (κ3) is 3.19. The lowest BCUT2D eigenvalue weighted by Gasteiger charge is -2.36. The lowest BCUT2D eigenvalue weighted by molar-refractivity contribution is 0.250. The first-order chi connectivity index (χ1) is 12.3. The number of aryl methyl sites for hydroxylation is 1. The fraction of sp³-hybridized carbons (Fsp3) is 0.350. The molecule has 5 nitrogen and oxygen atoms in total. The van der Waals surface area contributed by atoms with Gasteiger partial charge in [0.05, 0.1) is 11.8 Å². The molecule has 2 heterocycles. The molecule has 0 spiro atoms. The van der Waals surface area contributed by atoms with Crippen molar-refractivity contribution >= 4 is 11.4 Å². The van der Waals surface area contributed by atoms with Crippen molar-refractivity contribution in [2.75, 3.05) is 6.54 Å². The van der Waals surface area contributed by atoms with Gasteiger partial charge < -0.3 is 9.47 Å². The highest BCUT2D eigenvalue weighted by molar-refractivity contribution is 5.96. The van der Waals surface area contributed by atoms with Crippen LogP contribution in [0.3, 0.4) is 0 Å². The van der Waals surface area contributed by atoms with E-state index < -0.39 is 0 Å². The molecule has 0 fully saturated rings. The number of fused-ring (bicyclic) bond motifs is 1. The molecule has 0 N–H and O–H groups in total. The largest absolute Gasteiger partial charge is 0.360 e. The van der Waals surface area contributed by atoms with Crippen LogP contribution < -0.4 is 0 Å². The molecule has 1 atom stereocenters. The van der Waals surface area contributed by atoms with E-state index in [0.717, 1.165) is 47.4 Å². The minimum Gasteiger partial charge on any atom is -0.360 e.